The molecular formula is C11H14N2O3. The van der Waals surface area contributed by atoms with Gasteiger partial charge in [0.15, 0.2) is 5.75 Å². The first-order chi connectivity index (χ1) is 7.77. The Kier molecular flexibility index (Phi) is 3.36. The molecule has 5 heteroatoms. The summed E-state index contributed by atoms with van der Waals surface area (Å²) in [6, 6.07) is 6.49. The fourth-order valence-corrected chi connectivity index (χ4v) is 1.79. The normalized spacial score (nSPS) is 19.6. The Morgan fingerprint density at radius 1 is 1.50 bits per heavy atom. The molecule has 0 amide bonds. The van der Waals surface area contributed by atoms with Crippen LogP contribution in [0.25, 0.3) is 0 Å². The van der Waals surface area contributed by atoms with Crippen molar-refractivity contribution in [3.63, 3.8) is 0 Å². The fraction of sp³-hybridized carbons (Fsp3) is 0.455. The topological polar surface area (TPSA) is 64.4 Å². The number of ether oxygens (including phenoxy) is 1. The van der Waals surface area contributed by atoms with E-state index < -0.39 is 4.92 Å². The van der Waals surface area contributed by atoms with Gasteiger partial charge in [-0.1, -0.05) is 12.1 Å². The molecule has 1 aromatic carbocycles. The molecule has 1 aliphatic rings. The molecule has 1 fully saturated rings. The van der Waals surface area contributed by atoms with Crippen LogP contribution in [0.2, 0.25) is 0 Å². The van der Waals surface area contributed by atoms with E-state index in [9.17, 15) is 10.1 Å². The number of para-hydroxylation sites is 2. The Bertz CT molecular complexity index is 375. The molecule has 0 bridgehead atoms. The number of hydrogen-bond acceptors (Lipinski definition) is 4. The van der Waals surface area contributed by atoms with Gasteiger partial charge in [0, 0.05) is 18.5 Å². The molecule has 1 N–H and O–H groups in total. The molecular weight excluding hydrogens is 208 g/mol. The van der Waals surface area contributed by atoms with Crippen LogP contribution >= 0.6 is 0 Å². The Morgan fingerprint density at radius 3 is 3.00 bits per heavy atom. The lowest BCUT2D eigenvalue weighted by molar-refractivity contribution is -0.385. The van der Waals surface area contributed by atoms with E-state index in [1.54, 1.807) is 18.2 Å². The maximum atomic E-state index is 10.7. The van der Waals surface area contributed by atoms with E-state index in [-0.39, 0.29) is 5.69 Å². The van der Waals surface area contributed by atoms with Crippen LogP contribution in [0.4, 0.5) is 5.69 Å². The highest BCUT2D eigenvalue weighted by atomic mass is 16.6. The maximum absolute atomic E-state index is 10.7. The monoisotopic (exact) mass is 222 g/mol. The average Bonchev–Trinajstić information content (AvgIpc) is 2.79. The lowest BCUT2D eigenvalue weighted by Crippen LogP contribution is -2.15. The maximum Gasteiger partial charge on any atom is 0.310 e. The highest BCUT2D eigenvalue weighted by molar-refractivity contribution is 5.45. The zero-order chi connectivity index (χ0) is 11.4. The zero-order valence-electron chi connectivity index (χ0n) is 8.89. The predicted octanol–water partition coefficient (Wildman–Crippen LogP) is 1.58. The largest absolute Gasteiger partial charge is 0.486 e. The molecule has 2 rings (SSSR count). The molecule has 1 saturated heterocycles. The molecule has 0 spiro atoms. The first-order valence-corrected chi connectivity index (χ1v) is 5.34. The van der Waals surface area contributed by atoms with Crippen LogP contribution in [0.1, 0.15) is 6.42 Å². The minimum absolute atomic E-state index is 0.0356. The van der Waals surface area contributed by atoms with Crippen molar-refractivity contribution >= 4 is 5.69 Å². The highest BCUT2D eigenvalue weighted by Crippen LogP contribution is 2.26. The second-order valence-corrected chi connectivity index (χ2v) is 3.89. The molecule has 0 unspecified atom stereocenters. The molecule has 16 heavy (non-hydrogen) atoms. The van der Waals surface area contributed by atoms with Crippen molar-refractivity contribution in [2.24, 2.45) is 5.92 Å². The van der Waals surface area contributed by atoms with E-state index in [1.807, 2.05) is 0 Å². The van der Waals surface area contributed by atoms with Gasteiger partial charge in [-0.15, -0.1) is 0 Å². The summed E-state index contributed by atoms with van der Waals surface area (Å²) >= 11 is 0. The summed E-state index contributed by atoms with van der Waals surface area (Å²) in [5, 5.41) is 14.0. The minimum atomic E-state index is -0.414. The summed E-state index contributed by atoms with van der Waals surface area (Å²) in [7, 11) is 0. The molecule has 1 atom stereocenters. The van der Waals surface area contributed by atoms with Gasteiger partial charge in [0.2, 0.25) is 0 Å². The van der Waals surface area contributed by atoms with Crippen molar-refractivity contribution in [2.45, 2.75) is 6.42 Å². The van der Waals surface area contributed by atoms with Crippen LogP contribution in [0.3, 0.4) is 0 Å². The van der Waals surface area contributed by atoms with E-state index in [2.05, 4.69) is 5.32 Å². The number of nitro benzene ring substituents is 1. The van der Waals surface area contributed by atoms with Crippen LogP contribution in [0.5, 0.6) is 5.75 Å². The Hall–Kier alpha value is -1.62. The molecule has 5 nitrogen and oxygen atoms in total. The van der Waals surface area contributed by atoms with Crippen molar-refractivity contribution in [1.29, 1.82) is 0 Å². The smallest absolute Gasteiger partial charge is 0.310 e. The Morgan fingerprint density at radius 2 is 2.31 bits per heavy atom. The molecule has 1 aliphatic heterocycles. The first-order valence-electron chi connectivity index (χ1n) is 5.34. The summed E-state index contributed by atoms with van der Waals surface area (Å²) in [5.41, 5.74) is 0.0356. The first kappa shape index (κ1) is 10.9. The van der Waals surface area contributed by atoms with Gasteiger partial charge in [0.25, 0.3) is 0 Å². The van der Waals surface area contributed by atoms with Crippen LogP contribution in [-0.4, -0.2) is 24.6 Å². The van der Waals surface area contributed by atoms with Crippen molar-refractivity contribution in [3.8, 4) is 5.75 Å². The van der Waals surface area contributed by atoms with Crippen molar-refractivity contribution in [3.05, 3.63) is 34.4 Å². The molecule has 86 valence electrons. The fourth-order valence-electron chi connectivity index (χ4n) is 1.79. The lowest BCUT2D eigenvalue weighted by Gasteiger charge is -2.10. The second kappa shape index (κ2) is 4.94. The van der Waals surface area contributed by atoms with Gasteiger partial charge in [0.1, 0.15) is 0 Å². The number of hydrogen-bond donors (Lipinski definition) is 1. The molecule has 1 heterocycles. The van der Waals surface area contributed by atoms with E-state index in [0.29, 0.717) is 18.3 Å². The van der Waals surface area contributed by atoms with Crippen LogP contribution in [-0.2, 0) is 0 Å². The Balaban J connectivity index is 2.00. The SMILES string of the molecule is O=[N+]([O-])c1ccccc1OC[C@@H]1CCNC1. The number of rotatable bonds is 4. The molecule has 0 saturated carbocycles. The highest BCUT2D eigenvalue weighted by Gasteiger charge is 2.18. The summed E-state index contributed by atoms with van der Waals surface area (Å²) < 4.78 is 5.50. The van der Waals surface area contributed by atoms with E-state index in [0.717, 1.165) is 19.5 Å². The van der Waals surface area contributed by atoms with Crippen LogP contribution < -0.4 is 10.1 Å². The van der Waals surface area contributed by atoms with E-state index in [1.165, 1.54) is 6.07 Å². The quantitative estimate of drug-likeness (QED) is 0.620. The predicted molar refractivity (Wildman–Crippen MR) is 59.6 cm³/mol. The zero-order valence-corrected chi connectivity index (χ0v) is 8.89. The van der Waals surface area contributed by atoms with Gasteiger partial charge >= 0.3 is 5.69 Å². The number of nitrogens with zero attached hydrogens (tertiary/aromatic N) is 1. The van der Waals surface area contributed by atoms with Gasteiger partial charge in [0.05, 0.1) is 11.5 Å². The van der Waals surface area contributed by atoms with Crippen LogP contribution in [0.15, 0.2) is 24.3 Å². The second-order valence-electron chi connectivity index (χ2n) is 3.89. The summed E-state index contributed by atoms with van der Waals surface area (Å²) in [6.07, 6.45) is 1.07. The van der Waals surface area contributed by atoms with Gasteiger partial charge in [-0.3, -0.25) is 10.1 Å². The molecule has 0 aromatic heterocycles. The van der Waals surface area contributed by atoms with Gasteiger partial charge < -0.3 is 10.1 Å². The lowest BCUT2D eigenvalue weighted by atomic mass is 10.1. The minimum Gasteiger partial charge on any atom is -0.486 e. The third-order valence-corrected chi connectivity index (χ3v) is 2.70. The van der Waals surface area contributed by atoms with Crippen molar-refractivity contribution in [2.75, 3.05) is 19.7 Å². The van der Waals surface area contributed by atoms with Crippen LogP contribution in [0, 0.1) is 16.0 Å². The number of nitro groups is 1. The summed E-state index contributed by atoms with van der Waals surface area (Å²) in [4.78, 5) is 10.3. The Labute approximate surface area is 93.6 Å². The molecule has 0 radical (unpaired) electrons. The molecule has 1 aromatic rings. The van der Waals surface area contributed by atoms with E-state index >= 15 is 0 Å². The van der Waals surface area contributed by atoms with Crippen molar-refractivity contribution in [1.82, 2.24) is 5.32 Å². The van der Waals surface area contributed by atoms with Gasteiger partial charge in [-0.2, -0.15) is 0 Å². The number of nitrogens with one attached hydrogen (secondary N) is 1. The van der Waals surface area contributed by atoms with E-state index in [4.69, 9.17) is 4.74 Å². The third kappa shape index (κ3) is 2.49. The standard InChI is InChI=1S/C11H14N2O3/c14-13(15)10-3-1-2-4-11(10)16-8-9-5-6-12-7-9/h1-4,9,12H,5-8H2/t9-/m1/s1. The van der Waals surface area contributed by atoms with Gasteiger partial charge in [-0.25, -0.2) is 0 Å². The average molecular weight is 222 g/mol. The van der Waals surface area contributed by atoms with Crippen molar-refractivity contribution < 1.29 is 9.66 Å². The summed E-state index contributed by atoms with van der Waals surface area (Å²) in [6.45, 7) is 2.48. The van der Waals surface area contributed by atoms with Gasteiger partial charge in [-0.05, 0) is 19.0 Å². The molecule has 0 aliphatic carbocycles. The third-order valence-electron chi connectivity index (χ3n) is 2.70. The summed E-state index contributed by atoms with van der Waals surface area (Å²) in [5.74, 6) is 0.819. The number of benzene rings is 1.